The maximum absolute atomic E-state index is 13.4. The number of carbonyl (C=O) groups excluding carboxylic acids is 1. The molecule has 1 heterocycles. The molecule has 0 aliphatic carbocycles. The van der Waals surface area contributed by atoms with E-state index in [1.54, 1.807) is 0 Å². The topological polar surface area (TPSA) is 78.9 Å². The lowest BCUT2D eigenvalue weighted by atomic mass is 10.00. The number of nitrogens with two attached hydrogens (primary N) is 1. The van der Waals surface area contributed by atoms with Gasteiger partial charge in [-0.15, -0.1) is 0 Å². The molecule has 3 N–H and O–H groups in total. The standard InChI is InChI=1S/C13H15ClFN3O2/c14-9-5-4-8(7-10(9)15)13(19)18-6-2-1-3-11(18)12(16)17-20/h4-5,7,11,20H,1-3,6H2,(H2,16,17). The minimum Gasteiger partial charge on any atom is -0.409 e. The Morgan fingerprint density at radius 1 is 1.50 bits per heavy atom. The first-order valence-electron chi connectivity index (χ1n) is 6.28. The quantitative estimate of drug-likeness (QED) is 0.380. The lowest BCUT2D eigenvalue weighted by molar-refractivity contribution is 0.0676. The van der Waals surface area contributed by atoms with Crippen LogP contribution < -0.4 is 5.73 Å². The molecule has 1 aliphatic rings. The number of piperidine rings is 1. The van der Waals surface area contributed by atoms with Crippen molar-refractivity contribution in [2.45, 2.75) is 25.3 Å². The third-order valence-electron chi connectivity index (χ3n) is 3.39. The van der Waals surface area contributed by atoms with E-state index in [2.05, 4.69) is 5.16 Å². The number of halogens is 2. The Balaban J connectivity index is 2.27. The van der Waals surface area contributed by atoms with Crippen molar-refractivity contribution < 1.29 is 14.4 Å². The van der Waals surface area contributed by atoms with Gasteiger partial charge in [0.1, 0.15) is 5.82 Å². The van der Waals surface area contributed by atoms with E-state index >= 15 is 0 Å². The number of carbonyl (C=O) groups is 1. The Bertz CT molecular complexity index is 550. The van der Waals surface area contributed by atoms with Crippen LogP contribution in [0.5, 0.6) is 0 Å². The first-order chi connectivity index (χ1) is 9.54. The Morgan fingerprint density at radius 2 is 2.25 bits per heavy atom. The predicted molar refractivity (Wildman–Crippen MR) is 73.5 cm³/mol. The second-order valence-electron chi connectivity index (χ2n) is 4.66. The van der Waals surface area contributed by atoms with Gasteiger partial charge in [-0.25, -0.2) is 4.39 Å². The van der Waals surface area contributed by atoms with E-state index in [0.717, 1.165) is 18.9 Å². The van der Waals surface area contributed by atoms with Gasteiger partial charge in [0.05, 0.1) is 11.1 Å². The molecule has 1 saturated heterocycles. The number of benzene rings is 1. The molecule has 0 spiro atoms. The summed E-state index contributed by atoms with van der Waals surface area (Å²) in [5.41, 5.74) is 5.82. The first-order valence-corrected chi connectivity index (χ1v) is 6.66. The average molecular weight is 300 g/mol. The summed E-state index contributed by atoms with van der Waals surface area (Å²) >= 11 is 5.60. The van der Waals surface area contributed by atoms with E-state index < -0.39 is 11.9 Å². The van der Waals surface area contributed by atoms with Crippen molar-refractivity contribution in [2.75, 3.05) is 6.54 Å². The average Bonchev–Trinajstić information content (AvgIpc) is 2.48. The number of hydrogen-bond donors (Lipinski definition) is 2. The molecule has 1 aromatic rings. The van der Waals surface area contributed by atoms with E-state index in [0.29, 0.717) is 13.0 Å². The molecule has 7 heteroatoms. The SMILES string of the molecule is N/C(=N/O)C1CCCCN1C(=O)c1ccc(Cl)c(F)c1. The van der Waals surface area contributed by atoms with E-state index in [9.17, 15) is 9.18 Å². The summed E-state index contributed by atoms with van der Waals surface area (Å²) < 4.78 is 13.4. The fourth-order valence-corrected chi connectivity index (χ4v) is 2.46. The summed E-state index contributed by atoms with van der Waals surface area (Å²) in [7, 11) is 0. The summed E-state index contributed by atoms with van der Waals surface area (Å²) in [6.45, 7) is 0.490. The second kappa shape index (κ2) is 6.09. The Morgan fingerprint density at radius 3 is 2.90 bits per heavy atom. The van der Waals surface area contributed by atoms with Gasteiger partial charge in [-0.2, -0.15) is 0 Å². The zero-order chi connectivity index (χ0) is 14.7. The molecule has 20 heavy (non-hydrogen) atoms. The number of oxime groups is 1. The maximum atomic E-state index is 13.4. The van der Waals surface area contributed by atoms with E-state index in [-0.39, 0.29) is 22.3 Å². The van der Waals surface area contributed by atoms with Crippen LogP contribution in [0.15, 0.2) is 23.4 Å². The van der Waals surface area contributed by atoms with Gasteiger partial charge in [0.25, 0.3) is 5.91 Å². The van der Waals surface area contributed by atoms with Gasteiger partial charge in [-0.05, 0) is 37.5 Å². The highest BCUT2D eigenvalue weighted by Crippen LogP contribution is 2.22. The predicted octanol–water partition coefficient (Wildman–Crippen LogP) is 2.22. The van der Waals surface area contributed by atoms with Crippen LogP contribution in [0.25, 0.3) is 0 Å². The van der Waals surface area contributed by atoms with Crippen LogP contribution in [0.1, 0.15) is 29.6 Å². The van der Waals surface area contributed by atoms with Crippen molar-refractivity contribution in [3.63, 3.8) is 0 Å². The van der Waals surface area contributed by atoms with Crippen LogP contribution in [0.3, 0.4) is 0 Å². The fraction of sp³-hybridized carbons (Fsp3) is 0.385. The van der Waals surface area contributed by atoms with Crippen molar-refractivity contribution in [1.29, 1.82) is 0 Å². The Kier molecular flexibility index (Phi) is 4.44. The summed E-state index contributed by atoms with van der Waals surface area (Å²) in [6, 6.07) is 3.45. The van der Waals surface area contributed by atoms with Crippen LogP contribution in [0.4, 0.5) is 4.39 Å². The van der Waals surface area contributed by atoms with Crippen LogP contribution >= 0.6 is 11.6 Å². The molecule has 0 radical (unpaired) electrons. The number of hydrogen-bond acceptors (Lipinski definition) is 3. The van der Waals surface area contributed by atoms with Crippen LogP contribution in [-0.2, 0) is 0 Å². The monoisotopic (exact) mass is 299 g/mol. The summed E-state index contributed by atoms with van der Waals surface area (Å²) in [5.74, 6) is -1.00. The highest BCUT2D eigenvalue weighted by molar-refractivity contribution is 6.30. The molecule has 1 amide bonds. The maximum Gasteiger partial charge on any atom is 0.254 e. The third kappa shape index (κ3) is 2.85. The Labute approximate surface area is 120 Å². The number of amidine groups is 1. The van der Waals surface area contributed by atoms with Crippen molar-refractivity contribution in [3.8, 4) is 0 Å². The molecule has 0 bridgehead atoms. The Hall–Kier alpha value is -1.82. The number of likely N-dealkylation sites (tertiary alicyclic amines) is 1. The zero-order valence-electron chi connectivity index (χ0n) is 10.7. The molecule has 1 unspecified atom stereocenters. The summed E-state index contributed by atoms with van der Waals surface area (Å²) in [6.07, 6.45) is 2.34. The normalized spacial score (nSPS) is 20.0. The molecule has 0 saturated carbocycles. The smallest absolute Gasteiger partial charge is 0.254 e. The van der Waals surface area contributed by atoms with E-state index in [4.69, 9.17) is 22.5 Å². The minimum atomic E-state index is -0.644. The number of nitrogens with zero attached hydrogens (tertiary/aromatic N) is 2. The molecule has 2 rings (SSSR count). The van der Waals surface area contributed by atoms with Crippen LogP contribution in [0.2, 0.25) is 5.02 Å². The van der Waals surface area contributed by atoms with Gasteiger partial charge in [-0.1, -0.05) is 16.8 Å². The van der Waals surface area contributed by atoms with Gasteiger partial charge in [-0.3, -0.25) is 4.79 Å². The lowest BCUT2D eigenvalue weighted by Crippen LogP contribution is -2.50. The first kappa shape index (κ1) is 14.6. The molecular weight excluding hydrogens is 285 g/mol. The van der Waals surface area contributed by atoms with Gasteiger partial charge < -0.3 is 15.8 Å². The lowest BCUT2D eigenvalue weighted by Gasteiger charge is -2.34. The molecule has 1 fully saturated rings. The van der Waals surface area contributed by atoms with Crippen molar-refractivity contribution in [3.05, 3.63) is 34.6 Å². The highest BCUT2D eigenvalue weighted by atomic mass is 35.5. The number of rotatable bonds is 2. The van der Waals surface area contributed by atoms with Gasteiger partial charge in [0, 0.05) is 12.1 Å². The molecule has 0 aromatic heterocycles. The van der Waals surface area contributed by atoms with Crippen LogP contribution in [-0.4, -0.2) is 34.4 Å². The second-order valence-corrected chi connectivity index (χ2v) is 5.07. The molecule has 1 aliphatic heterocycles. The largest absolute Gasteiger partial charge is 0.409 e. The fourth-order valence-electron chi connectivity index (χ4n) is 2.34. The van der Waals surface area contributed by atoms with Gasteiger partial charge in [0.15, 0.2) is 5.84 Å². The molecule has 5 nitrogen and oxygen atoms in total. The van der Waals surface area contributed by atoms with Gasteiger partial charge >= 0.3 is 0 Å². The van der Waals surface area contributed by atoms with Gasteiger partial charge in [0.2, 0.25) is 0 Å². The van der Waals surface area contributed by atoms with Crippen LogP contribution in [0, 0.1) is 5.82 Å². The summed E-state index contributed by atoms with van der Waals surface area (Å²) in [4.78, 5) is 13.9. The highest BCUT2D eigenvalue weighted by Gasteiger charge is 2.30. The number of amides is 1. The van der Waals surface area contributed by atoms with Crippen molar-refractivity contribution in [1.82, 2.24) is 4.90 Å². The molecule has 1 aromatic carbocycles. The van der Waals surface area contributed by atoms with Crippen molar-refractivity contribution in [2.24, 2.45) is 10.9 Å². The third-order valence-corrected chi connectivity index (χ3v) is 3.69. The molecule has 108 valence electrons. The van der Waals surface area contributed by atoms with Crippen molar-refractivity contribution >= 4 is 23.3 Å². The van der Waals surface area contributed by atoms with E-state index in [1.165, 1.54) is 17.0 Å². The molecular formula is C13H15ClFN3O2. The minimum absolute atomic E-state index is 0.00696. The van der Waals surface area contributed by atoms with E-state index in [1.807, 2.05) is 0 Å². The summed E-state index contributed by atoms with van der Waals surface area (Å²) in [5, 5.41) is 11.7. The molecule has 1 atom stereocenters. The zero-order valence-corrected chi connectivity index (χ0v) is 11.5.